The van der Waals surface area contributed by atoms with Crippen molar-refractivity contribution in [2.45, 2.75) is 30.7 Å². The number of fused-ring (bicyclic) bond motifs is 1. The van der Waals surface area contributed by atoms with Crippen LogP contribution in [0.5, 0.6) is 23.0 Å². The molecule has 33 heavy (non-hydrogen) atoms. The van der Waals surface area contributed by atoms with E-state index in [0.29, 0.717) is 5.56 Å². The van der Waals surface area contributed by atoms with Gasteiger partial charge in [-0.25, -0.2) is 0 Å². The summed E-state index contributed by atoms with van der Waals surface area (Å²) >= 11 is 0. The Kier molecular flexibility index (Phi) is 6.15. The van der Waals surface area contributed by atoms with Crippen LogP contribution < -0.4 is 14.9 Å². The molecule has 2 heterocycles. The number of hydrogen-bond donors (Lipinski definition) is 6. The highest BCUT2D eigenvalue weighted by molar-refractivity contribution is 5.91. The van der Waals surface area contributed by atoms with E-state index in [1.165, 1.54) is 43.7 Å². The predicted octanol–water partition coefficient (Wildman–Crippen LogP) is 0.0585. The minimum atomic E-state index is -1.70. The Hall–Kier alpha value is -3.35. The lowest BCUT2D eigenvalue weighted by atomic mass is 9.99. The molecule has 1 aliphatic heterocycles. The van der Waals surface area contributed by atoms with Gasteiger partial charge in [-0.15, -0.1) is 0 Å². The molecule has 176 valence electrons. The minimum Gasteiger partial charge on any atom is -0.508 e. The number of hydrogen-bond acceptors (Lipinski definition) is 11. The van der Waals surface area contributed by atoms with Crippen molar-refractivity contribution < 1.29 is 49.3 Å². The number of aliphatic hydroxyl groups excluding tert-OH is 4. The molecule has 5 atom stereocenters. The number of phenolic OH excluding ortho intramolecular Hbond substituents is 2. The largest absolute Gasteiger partial charge is 0.508 e. The SMILES string of the molecule is COc1c(O[C@@H]2OC(CO)[C@@H](O)[C@H](O)C2O)cc2occ(-c3ccc(O)cc3)c(=O)c2c1O. The lowest BCUT2D eigenvalue weighted by molar-refractivity contribution is -0.277. The van der Waals surface area contributed by atoms with Crippen LogP contribution in [-0.2, 0) is 4.74 Å². The monoisotopic (exact) mass is 462 g/mol. The van der Waals surface area contributed by atoms with E-state index in [1.807, 2.05) is 0 Å². The normalized spacial score (nSPS) is 25.2. The van der Waals surface area contributed by atoms with Gasteiger partial charge in [0.1, 0.15) is 47.4 Å². The number of benzene rings is 2. The number of aromatic hydroxyl groups is 2. The fourth-order valence-corrected chi connectivity index (χ4v) is 3.64. The van der Waals surface area contributed by atoms with Gasteiger partial charge in [0.25, 0.3) is 0 Å². The molecule has 0 saturated carbocycles. The van der Waals surface area contributed by atoms with Gasteiger partial charge in [0.05, 0.1) is 19.3 Å². The van der Waals surface area contributed by atoms with E-state index in [0.717, 1.165) is 0 Å². The van der Waals surface area contributed by atoms with Gasteiger partial charge in [-0.2, -0.15) is 0 Å². The van der Waals surface area contributed by atoms with Gasteiger partial charge >= 0.3 is 0 Å². The van der Waals surface area contributed by atoms with Gasteiger partial charge in [-0.3, -0.25) is 4.79 Å². The standard InChI is InChI=1S/C22H22O11/c1-30-21-13(32-22-20(29)19(28)17(26)14(7-23)33-22)6-12-15(18(21)27)16(25)11(8-31-12)9-2-4-10(24)5-3-9/h2-6,8,14,17,19-20,22-24,26-29H,7H2,1H3/t14?,17-,19+,20?,22-/m1/s1. The zero-order valence-corrected chi connectivity index (χ0v) is 17.3. The van der Waals surface area contributed by atoms with E-state index in [4.69, 9.17) is 18.6 Å². The Morgan fingerprint density at radius 3 is 2.36 bits per heavy atom. The Morgan fingerprint density at radius 1 is 1.03 bits per heavy atom. The molecule has 4 rings (SSSR count). The number of ether oxygens (including phenoxy) is 3. The van der Waals surface area contributed by atoms with Gasteiger partial charge in [0.2, 0.25) is 17.5 Å². The molecule has 1 aliphatic rings. The van der Waals surface area contributed by atoms with Crippen LogP contribution in [0, 0.1) is 0 Å². The predicted molar refractivity (Wildman–Crippen MR) is 112 cm³/mol. The summed E-state index contributed by atoms with van der Waals surface area (Å²) in [5.74, 6) is -1.03. The number of rotatable bonds is 5. The van der Waals surface area contributed by atoms with Gasteiger partial charge < -0.3 is 49.3 Å². The molecule has 11 heteroatoms. The molecular formula is C22H22O11. The highest BCUT2D eigenvalue weighted by atomic mass is 16.7. The summed E-state index contributed by atoms with van der Waals surface area (Å²) < 4.78 is 21.6. The van der Waals surface area contributed by atoms with E-state index in [1.54, 1.807) is 0 Å². The van der Waals surface area contributed by atoms with Gasteiger partial charge in [0, 0.05) is 6.07 Å². The Bertz CT molecular complexity index is 1200. The first-order chi connectivity index (χ1) is 15.8. The summed E-state index contributed by atoms with van der Waals surface area (Å²) in [6.07, 6.45) is -6.52. The molecule has 3 aromatic rings. The fraction of sp³-hybridized carbons (Fsp3) is 0.318. The summed E-state index contributed by atoms with van der Waals surface area (Å²) in [6.45, 7) is -0.653. The van der Waals surface area contributed by atoms with Crippen LogP contribution in [-0.4, -0.2) is 75.1 Å². The van der Waals surface area contributed by atoms with E-state index in [2.05, 4.69) is 0 Å². The van der Waals surface area contributed by atoms with Crippen LogP contribution >= 0.6 is 0 Å². The van der Waals surface area contributed by atoms with E-state index in [-0.39, 0.29) is 33.8 Å². The van der Waals surface area contributed by atoms with E-state index >= 15 is 0 Å². The second kappa shape index (κ2) is 8.89. The quantitative estimate of drug-likeness (QED) is 0.302. The van der Waals surface area contributed by atoms with Gasteiger partial charge in [0.15, 0.2) is 11.5 Å². The Labute approximate surface area is 186 Å². The minimum absolute atomic E-state index is 0.0171. The van der Waals surface area contributed by atoms with Crippen LogP contribution in [0.2, 0.25) is 0 Å². The van der Waals surface area contributed by atoms with Crippen LogP contribution in [0.1, 0.15) is 0 Å². The molecule has 2 unspecified atom stereocenters. The zero-order valence-electron chi connectivity index (χ0n) is 17.3. The molecule has 0 radical (unpaired) electrons. The third-order valence-electron chi connectivity index (χ3n) is 5.43. The third kappa shape index (κ3) is 3.96. The van der Waals surface area contributed by atoms with Crippen molar-refractivity contribution in [3.63, 3.8) is 0 Å². The lowest BCUT2D eigenvalue weighted by Gasteiger charge is -2.39. The summed E-state index contributed by atoms with van der Waals surface area (Å²) in [6, 6.07) is 7.06. The van der Waals surface area contributed by atoms with E-state index < -0.39 is 48.5 Å². The fourth-order valence-electron chi connectivity index (χ4n) is 3.64. The summed E-state index contributed by atoms with van der Waals surface area (Å²) in [5.41, 5.74) is -0.0662. The molecule has 0 amide bonds. The van der Waals surface area contributed by atoms with Crippen LogP contribution in [0.15, 0.2) is 45.8 Å². The Morgan fingerprint density at radius 2 is 1.73 bits per heavy atom. The van der Waals surface area contributed by atoms with Crippen molar-refractivity contribution in [2.75, 3.05) is 13.7 Å². The average Bonchev–Trinajstić information content (AvgIpc) is 2.80. The first-order valence-electron chi connectivity index (χ1n) is 9.88. The number of aliphatic hydroxyl groups is 4. The summed E-state index contributed by atoms with van der Waals surface area (Å²) in [5, 5.41) is 59.5. The third-order valence-corrected chi connectivity index (χ3v) is 5.43. The van der Waals surface area contributed by atoms with Crippen molar-refractivity contribution in [2.24, 2.45) is 0 Å². The second-order valence-corrected chi connectivity index (χ2v) is 7.47. The molecule has 0 bridgehead atoms. The maximum Gasteiger partial charge on any atom is 0.229 e. The smallest absolute Gasteiger partial charge is 0.229 e. The van der Waals surface area contributed by atoms with Crippen LogP contribution in [0.25, 0.3) is 22.1 Å². The molecule has 0 spiro atoms. The molecule has 1 saturated heterocycles. The highest BCUT2D eigenvalue weighted by Gasteiger charge is 2.45. The number of phenols is 2. The van der Waals surface area contributed by atoms with Gasteiger partial charge in [-0.05, 0) is 17.7 Å². The van der Waals surface area contributed by atoms with Crippen molar-refractivity contribution in [3.05, 3.63) is 46.8 Å². The van der Waals surface area contributed by atoms with Crippen molar-refractivity contribution in [1.29, 1.82) is 0 Å². The topological polar surface area (TPSA) is 179 Å². The Balaban J connectivity index is 1.77. The van der Waals surface area contributed by atoms with Crippen molar-refractivity contribution >= 4 is 11.0 Å². The van der Waals surface area contributed by atoms with Crippen LogP contribution in [0.4, 0.5) is 0 Å². The van der Waals surface area contributed by atoms with E-state index in [9.17, 15) is 35.4 Å². The molecule has 6 N–H and O–H groups in total. The first-order valence-corrected chi connectivity index (χ1v) is 9.88. The zero-order chi connectivity index (χ0) is 23.9. The lowest BCUT2D eigenvalue weighted by Crippen LogP contribution is -2.60. The maximum atomic E-state index is 13.1. The number of methoxy groups -OCH3 is 1. The van der Waals surface area contributed by atoms with Gasteiger partial charge in [-0.1, -0.05) is 12.1 Å². The maximum absolute atomic E-state index is 13.1. The molecule has 2 aromatic carbocycles. The molecule has 1 fully saturated rings. The summed E-state index contributed by atoms with van der Waals surface area (Å²) in [7, 11) is 1.21. The van der Waals surface area contributed by atoms with Crippen molar-refractivity contribution in [1.82, 2.24) is 0 Å². The average molecular weight is 462 g/mol. The second-order valence-electron chi connectivity index (χ2n) is 7.47. The molecule has 11 nitrogen and oxygen atoms in total. The first kappa shape index (κ1) is 22.8. The summed E-state index contributed by atoms with van der Waals surface area (Å²) in [4.78, 5) is 13.1. The molecule has 0 aliphatic carbocycles. The van der Waals surface area contributed by atoms with Crippen LogP contribution in [0.3, 0.4) is 0 Å². The van der Waals surface area contributed by atoms with Crippen molar-refractivity contribution in [3.8, 4) is 34.1 Å². The molecule has 1 aromatic heterocycles. The highest BCUT2D eigenvalue weighted by Crippen LogP contribution is 2.43. The molecular weight excluding hydrogens is 440 g/mol.